The highest BCUT2D eigenvalue weighted by Crippen LogP contribution is 2.19. The van der Waals surface area contributed by atoms with Gasteiger partial charge in [-0.2, -0.15) is 0 Å². The summed E-state index contributed by atoms with van der Waals surface area (Å²) in [6, 6.07) is 7.13. The van der Waals surface area contributed by atoms with Crippen LogP contribution in [0.3, 0.4) is 0 Å². The van der Waals surface area contributed by atoms with Gasteiger partial charge in [-0.3, -0.25) is 0 Å². The van der Waals surface area contributed by atoms with Gasteiger partial charge in [0.25, 0.3) is 0 Å². The summed E-state index contributed by atoms with van der Waals surface area (Å²) in [5, 5.41) is 6.71. The lowest BCUT2D eigenvalue weighted by molar-refractivity contribution is 0.411. The minimum Gasteiger partial charge on any atom is -0.364 e. The number of hydrogen-bond acceptors (Lipinski definition) is 5. The molecule has 0 aliphatic heterocycles. The van der Waals surface area contributed by atoms with Gasteiger partial charge in [-0.1, -0.05) is 24.2 Å². The molecule has 2 aromatic rings. The highest BCUT2D eigenvalue weighted by molar-refractivity contribution is 7.89. The van der Waals surface area contributed by atoms with Crippen LogP contribution < -0.4 is 10.0 Å². The van der Waals surface area contributed by atoms with E-state index in [9.17, 15) is 8.42 Å². The van der Waals surface area contributed by atoms with E-state index in [1.807, 2.05) is 26.1 Å². The van der Waals surface area contributed by atoms with Gasteiger partial charge in [-0.25, -0.2) is 13.1 Å². The van der Waals surface area contributed by atoms with Crippen LogP contribution in [0.2, 0.25) is 0 Å². The molecule has 0 saturated heterocycles. The molecule has 0 unspecified atom stereocenters. The molecule has 21 heavy (non-hydrogen) atoms. The van der Waals surface area contributed by atoms with E-state index in [0.29, 0.717) is 23.6 Å². The van der Waals surface area contributed by atoms with Crippen molar-refractivity contribution in [2.45, 2.75) is 31.3 Å². The van der Waals surface area contributed by atoms with Crippen LogP contribution in [0.15, 0.2) is 39.9 Å². The van der Waals surface area contributed by atoms with Crippen LogP contribution in [0.5, 0.6) is 0 Å². The second-order valence-electron chi connectivity index (χ2n) is 4.64. The summed E-state index contributed by atoms with van der Waals surface area (Å²) < 4.78 is 32.2. The Kier molecular flexibility index (Phi) is 5.11. The maximum absolute atomic E-state index is 12.5. The molecule has 1 aromatic carbocycles. The van der Waals surface area contributed by atoms with E-state index in [0.717, 1.165) is 11.1 Å². The van der Waals surface area contributed by atoms with Crippen molar-refractivity contribution in [1.29, 1.82) is 0 Å². The predicted octanol–water partition coefficient (Wildman–Crippen LogP) is 1.43. The highest BCUT2D eigenvalue weighted by Gasteiger charge is 2.18. The maximum atomic E-state index is 12.5. The van der Waals surface area contributed by atoms with E-state index in [-0.39, 0.29) is 6.54 Å². The molecule has 114 valence electrons. The summed E-state index contributed by atoms with van der Waals surface area (Å²) in [5.74, 6) is 0. The molecular weight excluding hydrogens is 290 g/mol. The van der Waals surface area contributed by atoms with Gasteiger partial charge in [-0.05, 0) is 30.7 Å². The van der Waals surface area contributed by atoms with Crippen LogP contribution in [-0.4, -0.2) is 20.6 Å². The average Bonchev–Trinajstić information content (AvgIpc) is 2.99. The molecular formula is C14H19N3O3S. The third-order valence-corrected chi connectivity index (χ3v) is 4.60. The normalized spacial score (nSPS) is 11.7. The molecule has 6 nitrogen and oxygen atoms in total. The van der Waals surface area contributed by atoms with Crippen molar-refractivity contribution >= 4 is 10.0 Å². The molecule has 0 aliphatic rings. The largest absolute Gasteiger partial charge is 0.364 e. The van der Waals surface area contributed by atoms with Gasteiger partial charge in [0.05, 0.1) is 17.1 Å². The Labute approximate surface area is 124 Å². The quantitative estimate of drug-likeness (QED) is 0.808. The SMILES string of the molecule is CCc1ccc(CNC)cc1S(=O)(=O)NCc1ccon1. The zero-order valence-electron chi connectivity index (χ0n) is 12.1. The first-order valence-corrected chi connectivity index (χ1v) is 8.20. The van der Waals surface area contributed by atoms with Gasteiger partial charge in [-0.15, -0.1) is 0 Å². The minimum absolute atomic E-state index is 0.109. The number of aromatic nitrogens is 1. The summed E-state index contributed by atoms with van der Waals surface area (Å²) in [6.45, 7) is 2.66. The van der Waals surface area contributed by atoms with Crippen LogP contribution in [0.1, 0.15) is 23.7 Å². The number of nitrogens with zero attached hydrogens (tertiary/aromatic N) is 1. The fourth-order valence-corrected chi connectivity index (χ4v) is 3.39. The van der Waals surface area contributed by atoms with Crippen LogP contribution in [-0.2, 0) is 29.5 Å². The number of rotatable bonds is 7. The summed E-state index contributed by atoms with van der Waals surface area (Å²) >= 11 is 0. The summed E-state index contributed by atoms with van der Waals surface area (Å²) in [7, 11) is -1.76. The molecule has 2 N–H and O–H groups in total. The second kappa shape index (κ2) is 6.84. The Morgan fingerprint density at radius 3 is 2.67 bits per heavy atom. The first kappa shape index (κ1) is 15.7. The first-order chi connectivity index (χ1) is 10.1. The van der Waals surface area contributed by atoms with Gasteiger partial charge >= 0.3 is 0 Å². The van der Waals surface area contributed by atoms with Gasteiger partial charge in [0.1, 0.15) is 6.26 Å². The molecule has 0 bridgehead atoms. The Balaban J connectivity index is 2.26. The predicted molar refractivity (Wildman–Crippen MR) is 79.1 cm³/mol. The summed E-state index contributed by atoms with van der Waals surface area (Å²) in [6.07, 6.45) is 2.06. The number of aryl methyl sites for hydroxylation is 1. The van der Waals surface area contributed by atoms with Gasteiger partial charge < -0.3 is 9.84 Å². The lowest BCUT2D eigenvalue weighted by Crippen LogP contribution is -2.24. The molecule has 1 aromatic heterocycles. The van der Waals surface area contributed by atoms with Crippen molar-refractivity contribution in [3.63, 3.8) is 0 Å². The van der Waals surface area contributed by atoms with Crippen molar-refractivity contribution in [2.75, 3.05) is 7.05 Å². The third-order valence-electron chi connectivity index (χ3n) is 3.12. The van der Waals surface area contributed by atoms with Crippen LogP contribution in [0.4, 0.5) is 0 Å². The highest BCUT2D eigenvalue weighted by atomic mass is 32.2. The molecule has 7 heteroatoms. The third kappa shape index (κ3) is 3.90. The molecule has 0 saturated carbocycles. The molecule has 0 spiro atoms. The molecule has 0 atom stereocenters. The smallest absolute Gasteiger partial charge is 0.241 e. The summed E-state index contributed by atoms with van der Waals surface area (Å²) in [4.78, 5) is 0.321. The summed E-state index contributed by atoms with van der Waals surface area (Å²) in [5.41, 5.74) is 2.27. The van der Waals surface area contributed by atoms with Crippen molar-refractivity contribution in [3.8, 4) is 0 Å². The Morgan fingerprint density at radius 2 is 2.05 bits per heavy atom. The van der Waals surface area contributed by atoms with Crippen LogP contribution in [0, 0.1) is 0 Å². The fraction of sp³-hybridized carbons (Fsp3) is 0.357. The van der Waals surface area contributed by atoms with E-state index < -0.39 is 10.0 Å². The average molecular weight is 309 g/mol. The van der Waals surface area contributed by atoms with E-state index in [1.165, 1.54) is 6.26 Å². The Hall–Kier alpha value is -1.70. The Bertz CT molecular complexity index is 681. The molecule has 0 fully saturated rings. The van der Waals surface area contributed by atoms with Gasteiger partial charge in [0.2, 0.25) is 10.0 Å². The van der Waals surface area contributed by atoms with Crippen molar-refractivity contribution < 1.29 is 12.9 Å². The molecule has 0 amide bonds. The standard InChI is InChI=1S/C14H19N3O3S/c1-3-12-5-4-11(9-15-2)8-14(12)21(18,19)16-10-13-6-7-20-17-13/h4-8,15-16H,3,9-10H2,1-2H3. The molecule has 2 rings (SSSR count). The van der Waals surface area contributed by atoms with E-state index in [4.69, 9.17) is 0 Å². The van der Waals surface area contributed by atoms with Crippen molar-refractivity contribution in [2.24, 2.45) is 0 Å². The monoisotopic (exact) mass is 309 g/mol. The topological polar surface area (TPSA) is 84.2 Å². The lowest BCUT2D eigenvalue weighted by Gasteiger charge is -2.12. The minimum atomic E-state index is -3.58. The van der Waals surface area contributed by atoms with Gasteiger partial charge in [0, 0.05) is 12.6 Å². The van der Waals surface area contributed by atoms with Gasteiger partial charge in [0.15, 0.2) is 0 Å². The molecule has 0 aliphatic carbocycles. The van der Waals surface area contributed by atoms with Crippen LogP contribution >= 0.6 is 0 Å². The fourth-order valence-electron chi connectivity index (χ4n) is 2.03. The van der Waals surface area contributed by atoms with E-state index in [1.54, 1.807) is 12.1 Å². The second-order valence-corrected chi connectivity index (χ2v) is 6.38. The molecule has 0 radical (unpaired) electrons. The number of benzene rings is 1. The number of nitrogens with one attached hydrogen (secondary N) is 2. The van der Waals surface area contributed by atoms with Crippen molar-refractivity contribution in [3.05, 3.63) is 47.3 Å². The number of sulfonamides is 1. The first-order valence-electron chi connectivity index (χ1n) is 6.72. The number of hydrogen-bond donors (Lipinski definition) is 2. The van der Waals surface area contributed by atoms with E-state index in [2.05, 4.69) is 19.7 Å². The zero-order valence-corrected chi connectivity index (χ0v) is 12.9. The van der Waals surface area contributed by atoms with Crippen molar-refractivity contribution in [1.82, 2.24) is 15.2 Å². The molecule has 1 heterocycles. The van der Waals surface area contributed by atoms with Crippen LogP contribution in [0.25, 0.3) is 0 Å². The van der Waals surface area contributed by atoms with E-state index >= 15 is 0 Å². The maximum Gasteiger partial charge on any atom is 0.241 e. The zero-order chi connectivity index (χ0) is 15.3. The Morgan fingerprint density at radius 1 is 1.24 bits per heavy atom. The lowest BCUT2D eigenvalue weighted by atomic mass is 10.1.